The van der Waals surface area contributed by atoms with Gasteiger partial charge in [0.2, 0.25) is 10.0 Å². The van der Waals surface area contributed by atoms with Crippen LogP contribution in [0.4, 0.5) is 4.39 Å². The molecule has 1 heterocycles. The van der Waals surface area contributed by atoms with Crippen LogP contribution in [0.1, 0.15) is 12.8 Å². The van der Waals surface area contributed by atoms with Gasteiger partial charge in [-0.15, -0.1) is 0 Å². The number of carboxylic acids is 1. The lowest BCUT2D eigenvalue weighted by atomic mass is 10.1. The van der Waals surface area contributed by atoms with E-state index in [0.717, 1.165) is 10.4 Å². The van der Waals surface area contributed by atoms with E-state index >= 15 is 0 Å². The molecule has 7 heteroatoms. The molecule has 0 bridgehead atoms. The highest BCUT2D eigenvalue weighted by molar-refractivity contribution is 7.89. The zero-order valence-electron chi connectivity index (χ0n) is 10.1. The van der Waals surface area contributed by atoms with Crippen LogP contribution < -0.4 is 0 Å². The van der Waals surface area contributed by atoms with E-state index in [-0.39, 0.29) is 30.3 Å². The minimum Gasteiger partial charge on any atom is -0.481 e. The third kappa shape index (κ3) is 2.93. The fraction of sp³-hybridized carbons (Fsp3) is 0.417. The molecule has 0 saturated carbocycles. The molecule has 5 nitrogen and oxygen atoms in total. The van der Waals surface area contributed by atoms with E-state index in [9.17, 15) is 17.6 Å². The second-order valence-electron chi connectivity index (χ2n) is 4.55. The van der Waals surface area contributed by atoms with Crippen molar-refractivity contribution >= 4 is 16.0 Å². The Bertz CT molecular complexity index is 587. The molecule has 1 N–H and O–H groups in total. The smallest absolute Gasteiger partial charge is 0.303 e. The van der Waals surface area contributed by atoms with Crippen LogP contribution in [0.25, 0.3) is 0 Å². The zero-order chi connectivity index (χ0) is 14.0. The van der Waals surface area contributed by atoms with Gasteiger partial charge in [0, 0.05) is 19.5 Å². The van der Waals surface area contributed by atoms with Crippen LogP contribution in [0.15, 0.2) is 29.2 Å². The maximum atomic E-state index is 13.5. The van der Waals surface area contributed by atoms with Crippen molar-refractivity contribution in [2.24, 2.45) is 5.92 Å². The third-order valence-corrected chi connectivity index (χ3v) is 5.06. The molecular formula is C12H14FNO4S. The molecule has 0 aromatic heterocycles. The Kier molecular flexibility index (Phi) is 3.86. The Morgan fingerprint density at radius 3 is 2.74 bits per heavy atom. The van der Waals surface area contributed by atoms with Crippen molar-refractivity contribution in [1.82, 2.24) is 4.31 Å². The number of benzene rings is 1. The molecule has 104 valence electrons. The molecule has 0 radical (unpaired) electrons. The first-order valence-electron chi connectivity index (χ1n) is 5.87. The van der Waals surface area contributed by atoms with E-state index < -0.39 is 21.8 Å². The van der Waals surface area contributed by atoms with Crippen LogP contribution in [0, 0.1) is 11.7 Å². The number of carboxylic acid groups (broad SMARTS) is 1. The van der Waals surface area contributed by atoms with E-state index in [2.05, 4.69) is 0 Å². The summed E-state index contributed by atoms with van der Waals surface area (Å²) in [5.41, 5.74) is 0. The fourth-order valence-corrected chi connectivity index (χ4v) is 3.82. The molecule has 1 aromatic rings. The molecule has 1 aliphatic heterocycles. The predicted molar refractivity (Wildman–Crippen MR) is 65.5 cm³/mol. The van der Waals surface area contributed by atoms with Crippen LogP contribution in [0.2, 0.25) is 0 Å². The molecule has 1 unspecified atom stereocenters. The number of hydrogen-bond donors (Lipinski definition) is 1. The molecule has 1 saturated heterocycles. The molecular weight excluding hydrogens is 273 g/mol. The third-order valence-electron chi connectivity index (χ3n) is 3.17. The van der Waals surface area contributed by atoms with Crippen molar-refractivity contribution < 1.29 is 22.7 Å². The lowest BCUT2D eigenvalue weighted by Crippen LogP contribution is -2.29. The summed E-state index contributed by atoms with van der Waals surface area (Å²) in [6, 6.07) is 5.19. The summed E-state index contributed by atoms with van der Waals surface area (Å²) in [7, 11) is -3.87. The van der Waals surface area contributed by atoms with E-state index in [1.807, 2.05) is 0 Å². The summed E-state index contributed by atoms with van der Waals surface area (Å²) in [6.45, 7) is 0.359. The van der Waals surface area contributed by atoms with Crippen LogP contribution in [0.5, 0.6) is 0 Å². The van der Waals surface area contributed by atoms with Gasteiger partial charge < -0.3 is 5.11 Å². The van der Waals surface area contributed by atoms with Gasteiger partial charge in [-0.2, -0.15) is 4.31 Å². The molecule has 0 amide bonds. The Balaban J connectivity index is 2.19. The summed E-state index contributed by atoms with van der Waals surface area (Å²) in [5.74, 6) is -1.95. The zero-order valence-corrected chi connectivity index (χ0v) is 10.9. The molecule has 1 atom stereocenters. The molecule has 0 aliphatic carbocycles. The number of halogens is 1. The number of nitrogens with zero attached hydrogens (tertiary/aromatic N) is 1. The SMILES string of the molecule is O=C(O)CC1CCN(S(=O)(=O)c2ccccc2F)C1. The van der Waals surface area contributed by atoms with Gasteiger partial charge in [0.15, 0.2) is 0 Å². The standard InChI is InChI=1S/C12H14FNO4S/c13-10-3-1-2-4-11(10)19(17,18)14-6-5-9(8-14)7-12(15)16/h1-4,9H,5-8H2,(H,15,16). The Morgan fingerprint density at radius 2 is 2.11 bits per heavy atom. The van der Waals surface area contributed by atoms with Crippen LogP contribution >= 0.6 is 0 Å². The van der Waals surface area contributed by atoms with Gasteiger partial charge in [-0.3, -0.25) is 4.79 Å². The number of hydrogen-bond acceptors (Lipinski definition) is 3. The monoisotopic (exact) mass is 287 g/mol. The number of aliphatic carboxylic acids is 1. The van der Waals surface area contributed by atoms with Crippen LogP contribution in [-0.4, -0.2) is 36.9 Å². The molecule has 2 rings (SSSR count). The van der Waals surface area contributed by atoms with Gasteiger partial charge in [-0.05, 0) is 24.5 Å². The van der Waals surface area contributed by atoms with Gasteiger partial charge in [0.05, 0.1) is 0 Å². The largest absolute Gasteiger partial charge is 0.481 e. The predicted octanol–water partition coefficient (Wildman–Crippen LogP) is 1.31. The normalized spacial score (nSPS) is 20.6. The first kappa shape index (κ1) is 14.0. The van der Waals surface area contributed by atoms with Crippen molar-refractivity contribution in [3.63, 3.8) is 0 Å². The Hall–Kier alpha value is -1.47. The molecule has 19 heavy (non-hydrogen) atoms. The highest BCUT2D eigenvalue weighted by atomic mass is 32.2. The average molecular weight is 287 g/mol. The van der Waals surface area contributed by atoms with Gasteiger partial charge in [-0.25, -0.2) is 12.8 Å². The second-order valence-corrected chi connectivity index (χ2v) is 6.45. The van der Waals surface area contributed by atoms with Crippen LogP contribution in [-0.2, 0) is 14.8 Å². The maximum Gasteiger partial charge on any atom is 0.303 e. The molecule has 1 aromatic carbocycles. The van der Waals surface area contributed by atoms with Crippen molar-refractivity contribution in [2.75, 3.05) is 13.1 Å². The van der Waals surface area contributed by atoms with E-state index in [1.165, 1.54) is 18.2 Å². The van der Waals surface area contributed by atoms with Crippen molar-refractivity contribution in [2.45, 2.75) is 17.7 Å². The lowest BCUT2D eigenvalue weighted by Gasteiger charge is -2.16. The highest BCUT2D eigenvalue weighted by Gasteiger charge is 2.34. The maximum absolute atomic E-state index is 13.5. The summed E-state index contributed by atoms with van der Waals surface area (Å²) in [4.78, 5) is 10.3. The topological polar surface area (TPSA) is 74.7 Å². The second kappa shape index (κ2) is 5.26. The number of rotatable bonds is 4. The summed E-state index contributed by atoms with van der Waals surface area (Å²) in [6.07, 6.45) is 0.420. The summed E-state index contributed by atoms with van der Waals surface area (Å²) in [5, 5.41) is 8.70. The quantitative estimate of drug-likeness (QED) is 0.906. The Labute approximate surface area is 110 Å². The van der Waals surface area contributed by atoms with E-state index in [4.69, 9.17) is 5.11 Å². The van der Waals surface area contributed by atoms with E-state index in [0.29, 0.717) is 6.42 Å². The van der Waals surface area contributed by atoms with Crippen molar-refractivity contribution in [3.8, 4) is 0 Å². The van der Waals surface area contributed by atoms with Crippen molar-refractivity contribution in [3.05, 3.63) is 30.1 Å². The highest BCUT2D eigenvalue weighted by Crippen LogP contribution is 2.27. The average Bonchev–Trinajstić information content (AvgIpc) is 2.77. The Morgan fingerprint density at radius 1 is 1.42 bits per heavy atom. The molecule has 1 aliphatic rings. The molecule has 0 spiro atoms. The van der Waals surface area contributed by atoms with Gasteiger partial charge >= 0.3 is 5.97 Å². The van der Waals surface area contributed by atoms with E-state index in [1.54, 1.807) is 0 Å². The lowest BCUT2D eigenvalue weighted by molar-refractivity contribution is -0.137. The molecule has 1 fully saturated rings. The first-order chi connectivity index (χ1) is 8.91. The van der Waals surface area contributed by atoms with Crippen molar-refractivity contribution in [1.29, 1.82) is 0 Å². The fourth-order valence-electron chi connectivity index (χ4n) is 2.22. The number of sulfonamides is 1. The summed E-state index contributed by atoms with van der Waals surface area (Å²) < 4.78 is 39.1. The number of carbonyl (C=O) groups is 1. The minimum absolute atomic E-state index is 0.0662. The van der Waals surface area contributed by atoms with Gasteiger partial charge in [-0.1, -0.05) is 12.1 Å². The summed E-state index contributed by atoms with van der Waals surface area (Å²) >= 11 is 0. The minimum atomic E-state index is -3.87. The van der Waals surface area contributed by atoms with Gasteiger partial charge in [0.25, 0.3) is 0 Å². The van der Waals surface area contributed by atoms with Gasteiger partial charge in [0.1, 0.15) is 10.7 Å². The first-order valence-corrected chi connectivity index (χ1v) is 7.31. The van der Waals surface area contributed by atoms with Crippen LogP contribution in [0.3, 0.4) is 0 Å².